The Labute approximate surface area is 191 Å². The van der Waals surface area contributed by atoms with Gasteiger partial charge in [-0.25, -0.2) is 9.67 Å². The highest BCUT2D eigenvalue weighted by molar-refractivity contribution is 5.99. The Kier molecular flexibility index (Phi) is 5.41. The van der Waals surface area contributed by atoms with Crippen LogP contribution < -0.4 is 10.5 Å². The second-order valence-corrected chi connectivity index (χ2v) is 8.02. The van der Waals surface area contributed by atoms with E-state index in [1.807, 2.05) is 59.3 Å². The van der Waals surface area contributed by atoms with Crippen LogP contribution in [-0.2, 0) is 4.79 Å². The average molecular weight is 438 g/mol. The number of carbonyl (C=O) groups excluding carboxylic acids is 1. The normalized spacial score (nSPS) is 15.8. The number of nitrogens with zero attached hydrogens (tertiary/aromatic N) is 4. The summed E-state index contributed by atoms with van der Waals surface area (Å²) in [5.74, 6) is 3.43. The molecule has 0 aliphatic carbocycles. The van der Waals surface area contributed by atoms with Crippen molar-refractivity contribution >= 4 is 22.6 Å². The molecule has 2 N–H and O–H groups in total. The van der Waals surface area contributed by atoms with Gasteiger partial charge in [-0.05, 0) is 61.2 Å². The standard InChI is InChI=1S/C26H23N5O2/c1-2-23(32)30-16-6-7-19(17-30)31-26-24(22(27)14-15-28-26)25(29-31)18-10-12-21(13-11-18)33-20-8-4-3-5-9-20/h1,3-5,8-15,19H,6-7,16-17H2,(H2,27,28). The molecule has 1 saturated heterocycles. The van der Waals surface area contributed by atoms with Crippen molar-refractivity contribution in [3.63, 3.8) is 0 Å². The lowest BCUT2D eigenvalue weighted by Crippen LogP contribution is -2.40. The third-order valence-corrected chi connectivity index (χ3v) is 5.88. The molecule has 1 aliphatic rings. The summed E-state index contributed by atoms with van der Waals surface area (Å²) in [5.41, 5.74) is 9.33. The first-order valence-corrected chi connectivity index (χ1v) is 10.9. The van der Waals surface area contributed by atoms with Crippen molar-refractivity contribution < 1.29 is 9.53 Å². The van der Waals surface area contributed by atoms with Gasteiger partial charge >= 0.3 is 0 Å². The number of para-hydroxylation sites is 1. The van der Waals surface area contributed by atoms with Gasteiger partial charge in [-0.15, -0.1) is 6.42 Å². The second kappa shape index (κ2) is 8.67. The summed E-state index contributed by atoms with van der Waals surface area (Å²) in [6, 6.07) is 19.1. The molecule has 0 radical (unpaired) electrons. The van der Waals surface area contributed by atoms with E-state index in [9.17, 15) is 4.79 Å². The number of pyridine rings is 1. The molecule has 2 aromatic carbocycles. The van der Waals surface area contributed by atoms with E-state index in [0.29, 0.717) is 24.4 Å². The summed E-state index contributed by atoms with van der Waals surface area (Å²) in [6.07, 6.45) is 8.75. The van der Waals surface area contributed by atoms with E-state index < -0.39 is 0 Å². The van der Waals surface area contributed by atoms with E-state index in [0.717, 1.165) is 41.0 Å². The third kappa shape index (κ3) is 3.99. The number of amides is 1. The molecular formula is C26H23N5O2. The predicted octanol–water partition coefficient (Wildman–Crippen LogP) is 4.27. The average Bonchev–Trinajstić information content (AvgIpc) is 3.26. The van der Waals surface area contributed by atoms with Crippen molar-refractivity contribution in [2.75, 3.05) is 18.8 Å². The lowest BCUT2D eigenvalue weighted by atomic mass is 10.1. The van der Waals surface area contributed by atoms with Crippen LogP contribution in [0.2, 0.25) is 0 Å². The first-order valence-electron chi connectivity index (χ1n) is 10.9. The van der Waals surface area contributed by atoms with Crippen LogP contribution in [0.3, 0.4) is 0 Å². The molecule has 3 heterocycles. The van der Waals surface area contributed by atoms with E-state index in [1.54, 1.807) is 17.2 Å². The Morgan fingerprint density at radius 1 is 1.09 bits per heavy atom. The Hall–Kier alpha value is -4.31. The van der Waals surface area contributed by atoms with Gasteiger partial charge in [0.05, 0.1) is 11.4 Å². The summed E-state index contributed by atoms with van der Waals surface area (Å²) >= 11 is 0. The minimum absolute atomic E-state index is 0.0257. The number of terminal acetylenes is 1. The van der Waals surface area contributed by atoms with Crippen molar-refractivity contribution in [2.45, 2.75) is 18.9 Å². The van der Waals surface area contributed by atoms with Crippen LogP contribution in [-0.4, -0.2) is 38.7 Å². The van der Waals surface area contributed by atoms with Gasteiger partial charge in [0.2, 0.25) is 0 Å². The Bertz CT molecular complexity index is 1340. The fourth-order valence-corrected chi connectivity index (χ4v) is 4.28. The van der Waals surface area contributed by atoms with Crippen molar-refractivity contribution in [1.29, 1.82) is 0 Å². The summed E-state index contributed by atoms with van der Waals surface area (Å²) in [6.45, 7) is 1.16. The number of nitrogen functional groups attached to an aromatic ring is 1. The van der Waals surface area contributed by atoms with E-state index >= 15 is 0 Å². The third-order valence-electron chi connectivity index (χ3n) is 5.88. The van der Waals surface area contributed by atoms with Crippen LogP contribution in [0.15, 0.2) is 66.9 Å². The molecule has 0 spiro atoms. The zero-order valence-electron chi connectivity index (χ0n) is 18.0. The minimum atomic E-state index is -0.294. The Balaban J connectivity index is 1.50. The molecule has 2 aromatic heterocycles. The van der Waals surface area contributed by atoms with E-state index in [4.69, 9.17) is 22.0 Å². The number of rotatable bonds is 4. The molecule has 0 bridgehead atoms. The number of aromatic nitrogens is 3. The molecule has 1 amide bonds. The fraction of sp³-hybridized carbons (Fsp3) is 0.192. The number of piperidine rings is 1. The zero-order valence-corrected chi connectivity index (χ0v) is 18.0. The van der Waals surface area contributed by atoms with E-state index in [-0.39, 0.29) is 11.9 Å². The topological polar surface area (TPSA) is 86.3 Å². The van der Waals surface area contributed by atoms with Crippen molar-refractivity contribution in [3.05, 3.63) is 66.9 Å². The minimum Gasteiger partial charge on any atom is -0.457 e. The van der Waals surface area contributed by atoms with E-state index in [2.05, 4.69) is 10.9 Å². The molecule has 1 aliphatic heterocycles. The smallest absolute Gasteiger partial charge is 0.298 e. The van der Waals surface area contributed by atoms with Gasteiger partial charge < -0.3 is 15.4 Å². The number of carbonyl (C=O) groups is 1. The van der Waals surface area contributed by atoms with Crippen molar-refractivity contribution in [1.82, 2.24) is 19.7 Å². The molecule has 4 aromatic rings. The van der Waals surface area contributed by atoms with Crippen LogP contribution >= 0.6 is 0 Å². The lowest BCUT2D eigenvalue weighted by Gasteiger charge is -2.31. The first-order chi connectivity index (χ1) is 16.1. The van der Waals surface area contributed by atoms with Gasteiger partial charge in [-0.2, -0.15) is 5.10 Å². The van der Waals surface area contributed by atoms with Crippen LogP contribution in [0.4, 0.5) is 5.69 Å². The van der Waals surface area contributed by atoms with Crippen LogP contribution in [0.25, 0.3) is 22.3 Å². The molecule has 164 valence electrons. The Morgan fingerprint density at radius 3 is 2.61 bits per heavy atom. The lowest BCUT2D eigenvalue weighted by molar-refractivity contribution is -0.126. The number of nitrogens with two attached hydrogens (primary N) is 1. The maximum Gasteiger partial charge on any atom is 0.298 e. The maximum atomic E-state index is 12.1. The van der Waals surface area contributed by atoms with Gasteiger partial charge in [0.15, 0.2) is 5.65 Å². The maximum absolute atomic E-state index is 12.1. The van der Waals surface area contributed by atoms with Crippen molar-refractivity contribution in [2.24, 2.45) is 0 Å². The number of anilines is 1. The molecule has 1 atom stereocenters. The number of hydrogen-bond donors (Lipinski definition) is 1. The molecule has 33 heavy (non-hydrogen) atoms. The van der Waals surface area contributed by atoms with Crippen molar-refractivity contribution in [3.8, 4) is 35.1 Å². The fourth-order valence-electron chi connectivity index (χ4n) is 4.28. The number of ether oxygens (including phenoxy) is 1. The van der Waals surface area contributed by atoms with Crippen LogP contribution in [0.5, 0.6) is 11.5 Å². The van der Waals surface area contributed by atoms with Gasteiger partial charge in [-0.3, -0.25) is 4.79 Å². The Morgan fingerprint density at radius 2 is 1.85 bits per heavy atom. The molecule has 5 rings (SSSR count). The molecule has 1 unspecified atom stereocenters. The summed E-state index contributed by atoms with van der Waals surface area (Å²) in [5, 5.41) is 5.72. The first kappa shape index (κ1) is 20.6. The second-order valence-electron chi connectivity index (χ2n) is 8.02. The van der Waals surface area contributed by atoms with Gasteiger partial charge in [-0.1, -0.05) is 18.2 Å². The van der Waals surface area contributed by atoms with Crippen LogP contribution in [0.1, 0.15) is 18.9 Å². The number of likely N-dealkylation sites (tertiary alicyclic amines) is 1. The zero-order chi connectivity index (χ0) is 22.8. The summed E-state index contributed by atoms with van der Waals surface area (Å²) in [7, 11) is 0. The monoisotopic (exact) mass is 437 g/mol. The summed E-state index contributed by atoms with van der Waals surface area (Å²) in [4.78, 5) is 18.3. The highest BCUT2D eigenvalue weighted by Crippen LogP contribution is 2.35. The van der Waals surface area contributed by atoms with Crippen LogP contribution in [0, 0.1) is 12.3 Å². The number of hydrogen-bond acceptors (Lipinski definition) is 5. The molecule has 0 saturated carbocycles. The molecule has 7 heteroatoms. The molecule has 1 fully saturated rings. The number of fused-ring (bicyclic) bond motifs is 1. The highest BCUT2D eigenvalue weighted by atomic mass is 16.5. The predicted molar refractivity (Wildman–Crippen MR) is 128 cm³/mol. The van der Waals surface area contributed by atoms with Gasteiger partial charge in [0.25, 0.3) is 5.91 Å². The van der Waals surface area contributed by atoms with E-state index in [1.165, 1.54) is 0 Å². The molecular weight excluding hydrogens is 414 g/mol. The SMILES string of the molecule is C#CC(=O)N1CCCC(n2nc(-c3ccc(Oc4ccccc4)cc3)c3c(N)ccnc32)C1. The van der Waals surface area contributed by atoms with Gasteiger partial charge in [0.1, 0.15) is 17.2 Å². The molecule has 7 nitrogen and oxygen atoms in total. The largest absolute Gasteiger partial charge is 0.457 e. The summed E-state index contributed by atoms with van der Waals surface area (Å²) < 4.78 is 7.80. The highest BCUT2D eigenvalue weighted by Gasteiger charge is 2.28. The number of benzene rings is 2. The van der Waals surface area contributed by atoms with Gasteiger partial charge in [0, 0.05) is 30.5 Å². The quantitative estimate of drug-likeness (QED) is 0.482.